The van der Waals surface area contributed by atoms with E-state index in [0.29, 0.717) is 30.6 Å². The first kappa shape index (κ1) is 18.4. The number of hydrogen-bond acceptors (Lipinski definition) is 4. The molecule has 1 aromatic rings. The first-order valence-corrected chi connectivity index (χ1v) is 11.8. The van der Waals surface area contributed by atoms with Crippen LogP contribution in [-0.2, 0) is 10.0 Å². The van der Waals surface area contributed by atoms with Gasteiger partial charge in [0.1, 0.15) is 0 Å². The molecule has 1 aliphatic carbocycles. The van der Waals surface area contributed by atoms with Gasteiger partial charge >= 0.3 is 0 Å². The Kier molecular flexibility index (Phi) is 5.10. The molecule has 3 heterocycles. The first-order valence-electron chi connectivity index (χ1n) is 10.2. The second-order valence-corrected chi connectivity index (χ2v) is 10.6. The molecule has 1 atom stereocenters. The highest BCUT2D eigenvalue weighted by atomic mass is 32.2. The number of likely N-dealkylation sites (tertiary alicyclic amines) is 1. The number of aromatic nitrogens is 1. The molecule has 0 amide bonds. The van der Waals surface area contributed by atoms with Crippen molar-refractivity contribution in [3.63, 3.8) is 0 Å². The molecular weight excluding hydrogens is 346 g/mol. The molecule has 144 valence electrons. The topological polar surface area (TPSA) is 53.5 Å². The highest BCUT2D eigenvalue weighted by molar-refractivity contribution is 7.89. The molecular formula is C20H31N3O2S. The zero-order valence-corrected chi connectivity index (χ0v) is 16.6. The van der Waals surface area contributed by atoms with E-state index >= 15 is 0 Å². The van der Waals surface area contributed by atoms with Crippen LogP contribution in [0.25, 0.3) is 0 Å². The van der Waals surface area contributed by atoms with E-state index in [-0.39, 0.29) is 5.75 Å². The third kappa shape index (κ3) is 3.20. The number of nitrogens with zero attached hydrogens (tertiary/aromatic N) is 3. The number of sulfonamides is 1. The fraction of sp³-hybridized carbons (Fsp3) is 0.750. The van der Waals surface area contributed by atoms with Gasteiger partial charge in [0.05, 0.1) is 5.75 Å². The SMILES string of the molecule is CCS(=O)(=O)N1CCC(N2CC3(CCCCC3)C2c2ccncc2)CC1. The van der Waals surface area contributed by atoms with Crippen molar-refractivity contribution in [3.05, 3.63) is 30.1 Å². The summed E-state index contributed by atoms with van der Waals surface area (Å²) >= 11 is 0. The van der Waals surface area contributed by atoms with Crippen LogP contribution in [0.5, 0.6) is 0 Å². The van der Waals surface area contributed by atoms with Gasteiger partial charge in [-0.2, -0.15) is 0 Å². The Bertz CT molecular complexity index is 708. The lowest BCUT2D eigenvalue weighted by molar-refractivity contribution is -0.131. The van der Waals surface area contributed by atoms with Crippen LogP contribution >= 0.6 is 0 Å². The maximum atomic E-state index is 12.1. The maximum absolute atomic E-state index is 12.1. The summed E-state index contributed by atoms with van der Waals surface area (Å²) in [6, 6.07) is 5.36. The van der Waals surface area contributed by atoms with E-state index in [4.69, 9.17) is 0 Å². The molecule has 1 saturated carbocycles. The van der Waals surface area contributed by atoms with Gasteiger partial charge in [-0.05, 0) is 50.3 Å². The molecule has 5 nitrogen and oxygen atoms in total. The van der Waals surface area contributed by atoms with Gasteiger partial charge in [-0.1, -0.05) is 19.3 Å². The smallest absolute Gasteiger partial charge is 0.213 e. The van der Waals surface area contributed by atoms with Gasteiger partial charge in [-0.15, -0.1) is 0 Å². The van der Waals surface area contributed by atoms with Crippen molar-refractivity contribution in [1.29, 1.82) is 0 Å². The van der Waals surface area contributed by atoms with Crippen molar-refractivity contribution in [2.24, 2.45) is 5.41 Å². The van der Waals surface area contributed by atoms with Gasteiger partial charge in [0.25, 0.3) is 0 Å². The van der Waals surface area contributed by atoms with Gasteiger partial charge in [0.15, 0.2) is 0 Å². The highest BCUT2D eigenvalue weighted by Gasteiger charge is 2.55. The molecule has 0 bridgehead atoms. The van der Waals surface area contributed by atoms with Crippen molar-refractivity contribution >= 4 is 10.0 Å². The first-order chi connectivity index (χ1) is 12.6. The molecule has 2 saturated heterocycles. The minimum absolute atomic E-state index is 0.212. The summed E-state index contributed by atoms with van der Waals surface area (Å²) in [4.78, 5) is 6.89. The van der Waals surface area contributed by atoms with Crippen LogP contribution in [0.15, 0.2) is 24.5 Å². The Hall–Kier alpha value is -0.980. The molecule has 1 spiro atoms. The van der Waals surface area contributed by atoms with Gasteiger partial charge in [-0.3, -0.25) is 9.88 Å². The molecule has 6 heteroatoms. The second kappa shape index (κ2) is 7.21. The Morgan fingerprint density at radius 3 is 2.38 bits per heavy atom. The summed E-state index contributed by atoms with van der Waals surface area (Å²) in [6.45, 7) is 4.27. The van der Waals surface area contributed by atoms with E-state index in [1.54, 1.807) is 11.2 Å². The normalized spacial score (nSPS) is 28.1. The lowest BCUT2D eigenvalue weighted by Gasteiger charge is -2.63. The minimum Gasteiger partial charge on any atom is -0.292 e. The van der Waals surface area contributed by atoms with Crippen molar-refractivity contribution in [3.8, 4) is 0 Å². The van der Waals surface area contributed by atoms with E-state index < -0.39 is 10.0 Å². The molecule has 1 unspecified atom stereocenters. The van der Waals surface area contributed by atoms with E-state index in [1.807, 2.05) is 12.4 Å². The monoisotopic (exact) mass is 377 g/mol. The van der Waals surface area contributed by atoms with Crippen molar-refractivity contribution in [1.82, 2.24) is 14.2 Å². The lowest BCUT2D eigenvalue weighted by Crippen LogP contribution is -2.63. The second-order valence-electron chi connectivity index (χ2n) is 8.31. The predicted octanol–water partition coefficient (Wildman–Crippen LogP) is 3.20. The molecule has 1 aromatic heterocycles. The Morgan fingerprint density at radius 1 is 1.12 bits per heavy atom. The maximum Gasteiger partial charge on any atom is 0.213 e. The third-order valence-corrected chi connectivity index (χ3v) is 8.81. The van der Waals surface area contributed by atoms with Gasteiger partial charge in [0.2, 0.25) is 10.0 Å². The van der Waals surface area contributed by atoms with Crippen LogP contribution in [0.1, 0.15) is 63.5 Å². The molecule has 26 heavy (non-hydrogen) atoms. The summed E-state index contributed by atoms with van der Waals surface area (Å²) in [7, 11) is -3.05. The largest absolute Gasteiger partial charge is 0.292 e. The number of hydrogen-bond donors (Lipinski definition) is 0. The molecule has 3 aliphatic rings. The van der Waals surface area contributed by atoms with Crippen molar-refractivity contribution in [2.45, 2.75) is 64.0 Å². The molecule has 2 aliphatic heterocycles. The zero-order valence-electron chi connectivity index (χ0n) is 15.8. The van der Waals surface area contributed by atoms with Crippen LogP contribution in [0.4, 0.5) is 0 Å². The Morgan fingerprint density at radius 2 is 1.77 bits per heavy atom. The van der Waals surface area contributed by atoms with Crippen LogP contribution in [0.2, 0.25) is 0 Å². The van der Waals surface area contributed by atoms with Gasteiger partial charge in [0, 0.05) is 49.5 Å². The molecule has 0 N–H and O–H groups in total. The van der Waals surface area contributed by atoms with Crippen molar-refractivity contribution in [2.75, 3.05) is 25.4 Å². The van der Waals surface area contributed by atoms with Crippen LogP contribution in [-0.4, -0.2) is 54.0 Å². The quantitative estimate of drug-likeness (QED) is 0.808. The summed E-state index contributed by atoms with van der Waals surface area (Å²) in [5.74, 6) is 0.212. The predicted molar refractivity (Wildman–Crippen MR) is 103 cm³/mol. The number of pyridine rings is 1. The Labute approximate surface area is 157 Å². The van der Waals surface area contributed by atoms with Crippen LogP contribution in [0.3, 0.4) is 0 Å². The van der Waals surface area contributed by atoms with Gasteiger partial charge in [-0.25, -0.2) is 12.7 Å². The summed E-state index contributed by atoms with van der Waals surface area (Å²) in [5.41, 5.74) is 1.84. The molecule has 0 aromatic carbocycles. The standard InChI is InChI=1S/C20H31N3O2S/c1-2-26(24,25)22-14-8-18(9-15-22)23-16-20(10-4-3-5-11-20)19(23)17-6-12-21-13-7-17/h6-7,12-13,18-19H,2-5,8-11,14-16H2,1H3. The fourth-order valence-electron chi connectivity index (χ4n) is 5.53. The number of rotatable bonds is 4. The highest BCUT2D eigenvalue weighted by Crippen LogP contribution is 2.58. The lowest BCUT2D eigenvalue weighted by atomic mass is 9.60. The molecule has 0 radical (unpaired) electrons. The average Bonchev–Trinajstić information content (AvgIpc) is 2.68. The molecule has 4 rings (SSSR count). The minimum atomic E-state index is -3.05. The summed E-state index contributed by atoms with van der Waals surface area (Å²) < 4.78 is 26.0. The molecule has 3 fully saturated rings. The number of piperidine rings is 1. The zero-order chi connectivity index (χ0) is 18.2. The van der Waals surface area contributed by atoms with E-state index in [2.05, 4.69) is 22.0 Å². The van der Waals surface area contributed by atoms with Gasteiger partial charge < -0.3 is 0 Å². The van der Waals surface area contributed by atoms with Crippen LogP contribution < -0.4 is 0 Å². The van der Waals surface area contributed by atoms with E-state index in [0.717, 1.165) is 12.8 Å². The summed E-state index contributed by atoms with van der Waals surface area (Å²) in [6.07, 6.45) is 12.5. The van der Waals surface area contributed by atoms with E-state index in [9.17, 15) is 8.42 Å². The third-order valence-electron chi connectivity index (χ3n) is 6.93. The average molecular weight is 378 g/mol. The van der Waals surface area contributed by atoms with Crippen molar-refractivity contribution < 1.29 is 8.42 Å². The van der Waals surface area contributed by atoms with Crippen LogP contribution in [0, 0.1) is 5.41 Å². The fourth-order valence-corrected chi connectivity index (χ4v) is 6.67. The van der Waals surface area contributed by atoms with E-state index in [1.165, 1.54) is 44.2 Å². The Balaban J connectivity index is 1.50. The summed E-state index contributed by atoms with van der Waals surface area (Å²) in [5, 5.41) is 0.